The maximum absolute atomic E-state index is 11.5. The number of rotatable bonds is 3. The number of aromatic nitrogens is 2. The Morgan fingerprint density at radius 3 is 3.16 bits per heavy atom. The third kappa shape index (κ3) is 2.31. The average Bonchev–Trinajstić information content (AvgIpc) is 3.08. The molecule has 0 unspecified atom stereocenters. The quantitative estimate of drug-likeness (QED) is 0.801. The molecule has 0 N–H and O–H groups in total. The van der Waals surface area contributed by atoms with Gasteiger partial charge in [-0.1, -0.05) is 4.49 Å². The van der Waals surface area contributed by atoms with Gasteiger partial charge in [-0.05, 0) is 41.7 Å². The minimum Gasteiger partial charge on any atom is -0.465 e. The maximum Gasteiger partial charge on any atom is 0.337 e. The monoisotopic (exact) mass is 275 g/mol. The lowest BCUT2D eigenvalue weighted by atomic mass is 10.1. The molecular weight excluding hydrogens is 262 g/mol. The number of carbonyl (C=O) groups is 1. The van der Waals surface area contributed by atoms with E-state index in [1.54, 1.807) is 0 Å². The van der Waals surface area contributed by atoms with Crippen LogP contribution in [-0.4, -0.2) is 29.2 Å². The lowest BCUT2D eigenvalue weighted by Gasteiger charge is -2.17. The first-order valence-electron chi connectivity index (χ1n) is 6.00. The summed E-state index contributed by atoms with van der Waals surface area (Å²) in [6.07, 6.45) is 0.942. The van der Waals surface area contributed by atoms with E-state index in [4.69, 9.17) is 4.74 Å². The number of ether oxygens (including phenoxy) is 1. The molecule has 1 aromatic heterocycles. The molecule has 0 amide bonds. The smallest absolute Gasteiger partial charge is 0.337 e. The van der Waals surface area contributed by atoms with E-state index in [2.05, 4.69) is 14.5 Å². The van der Waals surface area contributed by atoms with E-state index in [1.807, 2.05) is 23.6 Å². The highest BCUT2D eigenvalue weighted by Gasteiger charge is 2.21. The molecule has 0 saturated heterocycles. The van der Waals surface area contributed by atoms with Gasteiger partial charge in [0.05, 0.1) is 24.9 Å². The fourth-order valence-electron chi connectivity index (χ4n) is 2.33. The van der Waals surface area contributed by atoms with Crippen molar-refractivity contribution in [3.8, 4) is 0 Å². The van der Waals surface area contributed by atoms with E-state index in [0.29, 0.717) is 5.56 Å². The molecule has 1 aromatic carbocycles. The van der Waals surface area contributed by atoms with Gasteiger partial charge >= 0.3 is 5.97 Å². The number of esters is 1. The summed E-state index contributed by atoms with van der Waals surface area (Å²) < 4.78 is 8.61. The highest BCUT2D eigenvalue weighted by molar-refractivity contribution is 7.03. The first-order valence-corrected chi connectivity index (χ1v) is 6.83. The molecule has 98 valence electrons. The van der Waals surface area contributed by atoms with Crippen molar-refractivity contribution in [1.82, 2.24) is 9.59 Å². The van der Waals surface area contributed by atoms with Crippen LogP contribution in [0.15, 0.2) is 23.6 Å². The molecule has 6 heteroatoms. The summed E-state index contributed by atoms with van der Waals surface area (Å²) >= 11 is 1.36. The summed E-state index contributed by atoms with van der Waals surface area (Å²) in [4.78, 5) is 13.8. The minimum absolute atomic E-state index is 0.287. The number of methoxy groups -OCH3 is 1. The van der Waals surface area contributed by atoms with Gasteiger partial charge in [0.15, 0.2) is 0 Å². The molecular formula is C13H13N3O2S. The number of benzene rings is 1. The molecule has 0 spiro atoms. The molecule has 3 rings (SSSR count). The second-order valence-electron chi connectivity index (χ2n) is 4.40. The summed E-state index contributed by atoms with van der Waals surface area (Å²) in [6.45, 7) is 1.71. The zero-order valence-electron chi connectivity index (χ0n) is 10.5. The average molecular weight is 275 g/mol. The maximum atomic E-state index is 11.5. The number of hydrogen-bond acceptors (Lipinski definition) is 6. The molecule has 1 aliphatic heterocycles. The van der Waals surface area contributed by atoms with Gasteiger partial charge in [-0.15, -0.1) is 5.10 Å². The van der Waals surface area contributed by atoms with E-state index in [0.717, 1.165) is 25.2 Å². The van der Waals surface area contributed by atoms with Crippen molar-refractivity contribution in [3.05, 3.63) is 40.4 Å². The van der Waals surface area contributed by atoms with Crippen molar-refractivity contribution < 1.29 is 9.53 Å². The zero-order chi connectivity index (χ0) is 13.2. The van der Waals surface area contributed by atoms with Crippen molar-refractivity contribution in [3.63, 3.8) is 0 Å². The molecule has 1 aliphatic rings. The van der Waals surface area contributed by atoms with Gasteiger partial charge in [0.25, 0.3) is 0 Å². The van der Waals surface area contributed by atoms with Gasteiger partial charge in [-0.25, -0.2) is 4.79 Å². The number of fused-ring (bicyclic) bond motifs is 1. The van der Waals surface area contributed by atoms with E-state index in [-0.39, 0.29) is 5.97 Å². The lowest BCUT2D eigenvalue weighted by Crippen LogP contribution is -2.19. The van der Waals surface area contributed by atoms with Crippen LogP contribution in [-0.2, 0) is 17.7 Å². The standard InChI is InChI=1S/C13H13N3O2S/c1-18-13(17)10-2-3-12-9(6-10)4-5-16(12)7-11-8-19-15-14-11/h2-3,6,8H,4-5,7H2,1H3. The Labute approximate surface area is 115 Å². The van der Waals surface area contributed by atoms with E-state index < -0.39 is 0 Å². The van der Waals surface area contributed by atoms with Crippen molar-refractivity contribution in [2.75, 3.05) is 18.6 Å². The van der Waals surface area contributed by atoms with Crippen molar-refractivity contribution in [1.29, 1.82) is 0 Å². The van der Waals surface area contributed by atoms with Crippen LogP contribution in [0.2, 0.25) is 0 Å². The van der Waals surface area contributed by atoms with Crippen LogP contribution in [0.5, 0.6) is 0 Å². The van der Waals surface area contributed by atoms with Crippen molar-refractivity contribution >= 4 is 23.2 Å². The van der Waals surface area contributed by atoms with E-state index in [1.165, 1.54) is 29.9 Å². The number of hydrogen-bond donors (Lipinski definition) is 0. The van der Waals surface area contributed by atoms with Gasteiger partial charge in [0, 0.05) is 17.6 Å². The number of anilines is 1. The Balaban J connectivity index is 1.83. The molecule has 0 saturated carbocycles. The molecule has 0 atom stereocenters. The molecule has 2 aromatic rings. The summed E-state index contributed by atoms with van der Waals surface area (Å²) in [5.41, 5.74) is 3.94. The second kappa shape index (κ2) is 4.97. The highest BCUT2D eigenvalue weighted by Crippen LogP contribution is 2.30. The topological polar surface area (TPSA) is 55.3 Å². The Bertz CT molecular complexity index is 598. The highest BCUT2D eigenvalue weighted by atomic mass is 32.1. The van der Waals surface area contributed by atoms with Crippen molar-refractivity contribution in [2.24, 2.45) is 0 Å². The first-order chi connectivity index (χ1) is 9.28. The summed E-state index contributed by atoms with van der Waals surface area (Å²) in [5, 5.41) is 6.02. The molecule has 19 heavy (non-hydrogen) atoms. The second-order valence-corrected chi connectivity index (χ2v) is 5.01. The Kier molecular flexibility index (Phi) is 3.16. The molecule has 0 bridgehead atoms. The van der Waals surface area contributed by atoms with E-state index in [9.17, 15) is 4.79 Å². The van der Waals surface area contributed by atoms with Gasteiger partial charge < -0.3 is 9.64 Å². The van der Waals surface area contributed by atoms with Crippen LogP contribution in [0.25, 0.3) is 0 Å². The molecule has 5 nitrogen and oxygen atoms in total. The Morgan fingerprint density at radius 2 is 2.42 bits per heavy atom. The van der Waals surface area contributed by atoms with Crippen LogP contribution >= 0.6 is 11.5 Å². The van der Waals surface area contributed by atoms with Crippen molar-refractivity contribution in [2.45, 2.75) is 13.0 Å². The largest absolute Gasteiger partial charge is 0.465 e. The fraction of sp³-hybridized carbons (Fsp3) is 0.308. The fourth-order valence-corrected chi connectivity index (χ4v) is 2.77. The molecule has 0 fully saturated rings. The summed E-state index contributed by atoms with van der Waals surface area (Å²) in [6, 6.07) is 5.71. The van der Waals surface area contributed by atoms with Crippen LogP contribution in [0.1, 0.15) is 21.6 Å². The molecule has 2 heterocycles. The molecule has 0 radical (unpaired) electrons. The van der Waals surface area contributed by atoms with Crippen LogP contribution < -0.4 is 4.90 Å². The third-order valence-electron chi connectivity index (χ3n) is 3.25. The third-order valence-corrected chi connectivity index (χ3v) is 3.80. The summed E-state index contributed by atoms with van der Waals surface area (Å²) in [5.74, 6) is -0.287. The van der Waals surface area contributed by atoms with Gasteiger partial charge in [-0.2, -0.15) is 0 Å². The van der Waals surface area contributed by atoms with E-state index >= 15 is 0 Å². The lowest BCUT2D eigenvalue weighted by molar-refractivity contribution is 0.0600. The summed E-state index contributed by atoms with van der Waals surface area (Å²) in [7, 11) is 1.40. The Morgan fingerprint density at radius 1 is 1.53 bits per heavy atom. The normalized spacial score (nSPS) is 13.4. The van der Waals surface area contributed by atoms with Gasteiger partial charge in [0.2, 0.25) is 0 Å². The molecule has 0 aliphatic carbocycles. The predicted molar refractivity (Wildman–Crippen MR) is 72.4 cm³/mol. The van der Waals surface area contributed by atoms with Gasteiger partial charge in [-0.3, -0.25) is 0 Å². The van der Waals surface area contributed by atoms with Crippen LogP contribution in [0, 0.1) is 0 Å². The van der Waals surface area contributed by atoms with Gasteiger partial charge in [0.1, 0.15) is 0 Å². The first kappa shape index (κ1) is 12.1. The minimum atomic E-state index is -0.287. The van der Waals surface area contributed by atoms with Crippen LogP contribution in [0.3, 0.4) is 0 Å². The predicted octanol–water partition coefficient (Wildman–Crippen LogP) is 1.89. The van der Waals surface area contributed by atoms with Crippen LogP contribution in [0.4, 0.5) is 5.69 Å². The Hall–Kier alpha value is -1.95. The SMILES string of the molecule is COC(=O)c1ccc2c(c1)CCN2Cc1csnn1. The zero-order valence-corrected chi connectivity index (χ0v) is 11.3. The number of nitrogens with zero attached hydrogens (tertiary/aromatic N) is 3. The number of carbonyl (C=O) groups excluding carboxylic acids is 1.